The summed E-state index contributed by atoms with van der Waals surface area (Å²) in [7, 11) is 2.10. The van der Waals surface area contributed by atoms with E-state index in [4.69, 9.17) is 0 Å². The number of aromatic nitrogens is 1. The molecule has 1 saturated heterocycles. The van der Waals surface area contributed by atoms with Crippen molar-refractivity contribution in [3.05, 3.63) is 41.6 Å². The van der Waals surface area contributed by atoms with Gasteiger partial charge >= 0.3 is 0 Å². The maximum absolute atomic E-state index is 13.6. The van der Waals surface area contributed by atoms with Crippen LogP contribution in [0, 0.1) is 11.6 Å². The molecule has 1 N–H and O–H groups in total. The van der Waals surface area contributed by atoms with Crippen LogP contribution in [0.15, 0.2) is 24.4 Å². The van der Waals surface area contributed by atoms with Gasteiger partial charge in [0.1, 0.15) is 5.52 Å². The maximum Gasteiger partial charge on any atom is 0.252 e. The van der Waals surface area contributed by atoms with Gasteiger partial charge in [0.25, 0.3) is 5.91 Å². The van der Waals surface area contributed by atoms with Crippen LogP contribution >= 0.6 is 0 Å². The Morgan fingerprint density at radius 3 is 3.00 bits per heavy atom. The zero-order valence-corrected chi connectivity index (χ0v) is 13.0. The number of nitrogens with zero attached hydrogens (tertiary/aromatic N) is 2. The average Bonchev–Trinajstić information content (AvgIpc) is 2.96. The van der Waals surface area contributed by atoms with E-state index in [-0.39, 0.29) is 11.4 Å². The van der Waals surface area contributed by atoms with E-state index in [2.05, 4.69) is 22.2 Å². The first-order valence-electron chi connectivity index (χ1n) is 7.78. The number of hydrogen-bond acceptors (Lipinski definition) is 3. The van der Waals surface area contributed by atoms with Crippen molar-refractivity contribution in [1.82, 2.24) is 15.2 Å². The highest BCUT2D eigenvalue weighted by Gasteiger charge is 2.20. The molecule has 0 radical (unpaired) electrons. The molecule has 0 bridgehead atoms. The topological polar surface area (TPSA) is 45.2 Å². The Hall–Kier alpha value is -2.08. The fourth-order valence-corrected chi connectivity index (χ4v) is 3.06. The summed E-state index contributed by atoms with van der Waals surface area (Å²) in [5.41, 5.74) is 0.289. The zero-order chi connectivity index (χ0) is 16.4. The molecule has 3 rings (SSSR count). The van der Waals surface area contributed by atoms with Gasteiger partial charge in [-0.2, -0.15) is 0 Å². The Bertz CT molecular complexity index is 735. The third kappa shape index (κ3) is 3.32. The van der Waals surface area contributed by atoms with Gasteiger partial charge in [0.05, 0.1) is 5.56 Å². The minimum atomic E-state index is -0.987. The molecule has 1 aliphatic rings. The Morgan fingerprint density at radius 1 is 1.43 bits per heavy atom. The molecule has 0 saturated carbocycles. The lowest BCUT2D eigenvalue weighted by atomic mass is 10.1. The van der Waals surface area contributed by atoms with Gasteiger partial charge in [-0.25, -0.2) is 8.78 Å². The summed E-state index contributed by atoms with van der Waals surface area (Å²) < 4.78 is 26.8. The Balaban J connectivity index is 1.65. The van der Waals surface area contributed by atoms with Crippen molar-refractivity contribution in [3.8, 4) is 0 Å². The number of pyridine rings is 1. The number of likely N-dealkylation sites (tertiary alicyclic amines) is 1. The van der Waals surface area contributed by atoms with Crippen molar-refractivity contribution in [2.75, 3.05) is 20.1 Å². The van der Waals surface area contributed by atoms with Gasteiger partial charge in [-0.05, 0) is 51.1 Å². The van der Waals surface area contributed by atoms with Crippen LogP contribution in [0.2, 0.25) is 0 Å². The van der Waals surface area contributed by atoms with Crippen molar-refractivity contribution in [2.45, 2.75) is 25.3 Å². The molecule has 1 fully saturated rings. The maximum atomic E-state index is 13.6. The van der Waals surface area contributed by atoms with Crippen molar-refractivity contribution < 1.29 is 13.6 Å². The molecule has 2 heterocycles. The third-order valence-corrected chi connectivity index (χ3v) is 4.44. The highest BCUT2D eigenvalue weighted by Crippen LogP contribution is 2.20. The SMILES string of the molecule is CN1CCCC1CCNC(=O)c1cnc2c(F)c(F)ccc2c1. The molecule has 1 atom stereocenters. The van der Waals surface area contributed by atoms with Gasteiger partial charge in [-0.1, -0.05) is 0 Å². The molecule has 2 aromatic rings. The summed E-state index contributed by atoms with van der Waals surface area (Å²) in [5.74, 6) is -2.17. The van der Waals surface area contributed by atoms with Crippen LogP contribution < -0.4 is 5.32 Å². The molecule has 1 aromatic heterocycles. The Morgan fingerprint density at radius 2 is 2.26 bits per heavy atom. The second kappa shape index (κ2) is 6.58. The van der Waals surface area contributed by atoms with Crippen LogP contribution in [0.3, 0.4) is 0 Å². The summed E-state index contributed by atoms with van der Waals surface area (Å²) in [6.07, 6.45) is 4.55. The molecular weight excluding hydrogens is 300 g/mol. The molecule has 0 aliphatic carbocycles. The Labute approximate surface area is 133 Å². The van der Waals surface area contributed by atoms with Crippen LogP contribution in [-0.2, 0) is 0 Å². The number of hydrogen-bond donors (Lipinski definition) is 1. The standard InChI is InChI=1S/C17H19F2N3O/c1-22-8-2-3-13(22)6-7-20-17(23)12-9-11-4-5-14(18)15(19)16(11)21-10-12/h4-5,9-10,13H,2-3,6-8H2,1H3,(H,20,23). The molecule has 4 nitrogen and oxygen atoms in total. The molecular formula is C17H19F2N3O. The summed E-state index contributed by atoms with van der Waals surface area (Å²) in [5, 5.41) is 3.27. The number of amides is 1. The molecule has 1 unspecified atom stereocenters. The van der Waals surface area contributed by atoms with Crippen LogP contribution in [0.5, 0.6) is 0 Å². The molecule has 23 heavy (non-hydrogen) atoms. The highest BCUT2D eigenvalue weighted by atomic mass is 19.2. The summed E-state index contributed by atoms with van der Waals surface area (Å²) in [4.78, 5) is 18.3. The van der Waals surface area contributed by atoms with Crippen LogP contribution in [0.1, 0.15) is 29.6 Å². The van der Waals surface area contributed by atoms with Gasteiger partial charge < -0.3 is 10.2 Å². The predicted octanol–water partition coefficient (Wildman–Crippen LogP) is 2.73. The van der Waals surface area contributed by atoms with E-state index >= 15 is 0 Å². The second-order valence-corrected chi connectivity index (χ2v) is 5.98. The minimum Gasteiger partial charge on any atom is -0.352 e. The minimum absolute atomic E-state index is 0.0610. The first-order valence-corrected chi connectivity index (χ1v) is 7.78. The lowest BCUT2D eigenvalue weighted by Crippen LogP contribution is -2.31. The van der Waals surface area contributed by atoms with E-state index in [9.17, 15) is 13.6 Å². The zero-order valence-electron chi connectivity index (χ0n) is 13.0. The van der Waals surface area contributed by atoms with Crippen LogP contribution in [0.4, 0.5) is 8.78 Å². The summed E-state index contributed by atoms with van der Waals surface area (Å²) in [6, 6.07) is 4.51. The van der Waals surface area contributed by atoms with Gasteiger partial charge in [-0.15, -0.1) is 0 Å². The molecule has 6 heteroatoms. The first kappa shape index (κ1) is 15.8. The van der Waals surface area contributed by atoms with E-state index in [0.29, 0.717) is 23.5 Å². The van der Waals surface area contributed by atoms with E-state index in [1.165, 1.54) is 24.8 Å². The molecule has 122 valence electrons. The van der Waals surface area contributed by atoms with Gasteiger partial charge in [-0.3, -0.25) is 9.78 Å². The highest BCUT2D eigenvalue weighted by molar-refractivity contribution is 5.97. The molecule has 1 aliphatic heterocycles. The monoisotopic (exact) mass is 319 g/mol. The van der Waals surface area contributed by atoms with Gasteiger partial charge in [0.15, 0.2) is 11.6 Å². The van der Waals surface area contributed by atoms with Crippen molar-refractivity contribution in [3.63, 3.8) is 0 Å². The fourth-order valence-electron chi connectivity index (χ4n) is 3.06. The van der Waals surface area contributed by atoms with Crippen LogP contribution in [0.25, 0.3) is 10.9 Å². The smallest absolute Gasteiger partial charge is 0.252 e. The number of halogens is 2. The van der Waals surface area contributed by atoms with Crippen LogP contribution in [-0.4, -0.2) is 42.0 Å². The Kier molecular flexibility index (Phi) is 4.52. The summed E-state index contributed by atoms with van der Waals surface area (Å²) >= 11 is 0. The van der Waals surface area contributed by atoms with E-state index in [1.54, 1.807) is 0 Å². The van der Waals surface area contributed by atoms with E-state index in [0.717, 1.165) is 25.5 Å². The number of fused-ring (bicyclic) bond motifs is 1. The second-order valence-electron chi connectivity index (χ2n) is 5.98. The number of carbonyl (C=O) groups is 1. The number of benzene rings is 1. The predicted molar refractivity (Wildman–Crippen MR) is 84.3 cm³/mol. The lowest BCUT2D eigenvalue weighted by molar-refractivity contribution is 0.0950. The summed E-state index contributed by atoms with van der Waals surface area (Å²) in [6.45, 7) is 1.69. The van der Waals surface area contributed by atoms with Crippen molar-refractivity contribution in [2.24, 2.45) is 0 Å². The number of carbonyl (C=O) groups excluding carboxylic acids is 1. The average molecular weight is 319 g/mol. The van der Waals surface area contributed by atoms with Crippen molar-refractivity contribution in [1.29, 1.82) is 0 Å². The first-order chi connectivity index (χ1) is 11.1. The van der Waals surface area contributed by atoms with E-state index < -0.39 is 11.6 Å². The van der Waals surface area contributed by atoms with E-state index in [1.807, 2.05) is 0 Å². The quantitative estimate of drug-likeness (QED) is 0.942. The third-order valence-electron chi connectivity index (χ3n) is 4.44. The normalized spacial score (nSPS) is 18.5. The van der Waals surface area contributed by atoms with Gasteiger partial charge in [0.2, 0.25) is 0 Å². The van der Waals surface area contributed by atoms with Gasteiger partial charge in [0, 0.05) is 24.2 Å². The number of rotatable bonds is 4. The fraction of sp³-hybridized carbons (Fsp3) is 0.412. The largest absolute Gasteiger partial charge is 0.352 e. The number of nitrogens with one attached hydrogen (secondary N) is 1. The molecule has 1 amide bonds. The molecule has 0 spiro atoms. The molecule has 1 aromatic carbocycles. The lowest BCUT2D eigenvalue weighted by Gasteiger charge is -2.19. The van der Waals surface area contributed by atoms with Crippen molar-refractivity contribution >= 4 is 16.8 Å².